The zero-order chi connectivity index (χ0) is 19.3. The molecule has 0 aromatic heterocycles. The molecule has 0 atom stereocenters. The van der Waals surface area contributed by atoms with Gasteiger partial charge in [-0.3, -0.25) is 9.59 Å². The first-order valence-electron chi connectivity index (χ1n) is 7.45. The van der Waals surface area contributed by atoms with Crippen LogP contribution in [0.5, 0.6) is 0 Å². The van der Waals surface area contributed by atoms with Gasteiger partial charge in [0.05, 0.1) is 29.5 Å². The molecular weight excluding hydrogens is 371 g/mol. The number of anilines is 2. The molecule has 0 aliphatic carbocycles. The summed E-state index contributed by atoms with van der Waals surface area (Å²) >= 11 is 5.93. The highest BCUT2D eigenvalue weighted by Gasteiger charge is 2.17. The van der Waals surface area contributed by atoms with Crippen LogP contribution in [0.4, 0.5) is 24.5 Å². The number of amides is 2. The van der Waals surface area contributed by atoms with Gasteiger partial charge < -0.3 is 15.5 Å². The number of hydrogen-bond donors (Lipinski definition) is 2. The van der Waals surface area contributed by atoms with Crippen molar-refractivity contribution in [3.8, 4) is 0 Å². The number of nitrogens with one attached hydrogen (secondary N) is 2. The maximum atomic E-state index is 13.5. The van der Waals surface area contributed by atoms with E-state index in [0.29, 0.717) is 10.7 Å². The van der Waals surface area contributed by atoms with E-state index in [-0.39, 0.29) is 12.2 Å². The van der Waals surface area contributed by atoms with Crippen LogP contribution in [0.1, 0.15) is 0 Å². The molecule has 26 heavy (non-hydrogen) atoms. The molecule has 2 amide bonds. The van der Waals surface area contributed by atoms with Crippen LogP contribution < -0.4 is 10.6 Å². The van der Waals surface area contributed by atoms with Crippen molar-refractivity contribution in [2.75, 3.05) is 30.8 Å². The van der Waals surface area contributed by atoms with Gasteiger partial charge in [0.1, 0.15) is 0 Å². The summed E-state index contributed by atoms with van der Waals surface area (Å²) in [5.41, 5.74) is 0.0492. The van der Waals surface area contributed by atoms with Crippen molar-refractivity contribution in [2.24, 2.45) is 0 Å². The van der Waals surface area contributed by atoms with Crippen LogP contribution in [0.25, 0.3) is 0 Å². The Bertz CT molecular complexity index is 833. The molecule has 2 N–H and O–H groups in total. The van der Waals surface area contributed by atoms with Gasteiger partial charge in [0.25, 0.3) is 0 Å². The Kier molecular flexibility index (Phi) is 6.46. The quantitative estimate of drug-likeness (QED) is 0.750. The summed E-state index contributed by atoms with van der Waals surface area (Å²) < 4.78 is 39.5. The summed E-state index contributed by atoms with van der Waals surface area (Å²) in [6.07, 6.45) is 0. The lowest BCUT2D eigenvalue weighted by molar-refractivity contribution is -0.131. The van der Waals surface area contributed by atoms with Crippen LogP contribution in [0.2, 0.25) is 5.02 Å². The van der Waals surface area contributed by atoms with Gasteiger partial charge in [0.2, 0.25) is 11.8 Å². The maximum absolute atomic E-state index is 13.5. The Balaban J connectivity index is 1.88. The number of carbonyl (C=O) groups is 2. The third kappa shape index (κ3) is 4.89. The Labute approximate surface area is 152 Å². The van der Waals surface area contributed by atoms with Gasteiger partial charge in [-0.25, -0.2) is 13.2 Å². The molecule has 0 aliphatic heterocycles. The molecule has 0 aliphatic rings. The number of halogens is 4. The van der Waals surface area contributed by atoms with Crippen LogP contribution in [0, 0.1) is 17.5 Å². The molecule has 0 heterocycles. The molecule has 0 unspecified atom stereocenters. The van der Waals surface area contributed by atoms with Crippen molar-refractivity contribution >= 4 is 34.8 Å². The van der Waals surface area contributed by atoms with Crippen LogP contribution >= 0.6 is 11.6 Å². The molecule has 0 radical (unpaired) electrons. The lowest BCUT2D eigenvalue weighted by Gasteiger charge is -2.18. The SMILES string of the molecule is CN(CC(=O)Nc1ccccc1Cl)C(=O)CNc1ccc(F)c(F)c1F. The lowest BCUT2D eigenvalue weighted by atomic mass is 10.2. The number of rotatable bonds is 6. The zero-order valence-corrected chi connectivity index (χ0v) is 14.4. The fourth-order valence-electron chi connectivity index (χ4n) is 2.02. The third-order valence-electron chi connectivity index (χ3n) is 3.42. The summed E-state index contributed by atoms with van der Waals surface area (Å²) in [4.78, 5) is 25.1. The number of hydrogen-bond acceptors (Lipinski definition) is 3. The van der Waals surface area contributed by atoms with Crippen molar-refractivity contribution < 1.29 is 22.8 Å². The normalized spacial score (nSPS) is 10.3. The van der Waals surface area contributed by atoms with E-state index in [9.17, 15) is 22.8 Å². The lowest BCUT2D eigenvalue weighted by Crippen LogP contribution is -2.38. The molecule has 0 saturated carbocycles. The average Bonchev–Trinajstić information content (AvgIpc) is 2.60. The molecule has 138 valence electrons. The second kappa shape index (κ2) is 8.57. The molecule has 0 bridgehead atoms. The molecule has 0 saturated heterocycles. The molecule has 5 nitrogen and oxygen atoms in total. The first kappa shape index (κ1) is 19.6. The Morgan fingerprint density at radius 2 is 1.73 bits per heavy atom. The first-order chi connectivity index (χ1) is 12.3. The summed E-state index contributed by atoms with van der Waals surface area (Å²) in [5, 5.41) is 5.28. The largest absolute Gasteiger partial charge is 0.374 e. The highest BCUT2D eigenvalue weighted by Crippen LogP contribution is 2.20. The summed E-state index contributed by atoms with van der Waals surface area (Å²) in [6.45, 7) is -0.677. The predicted octanol–water partition coefficient (Wildman–Crippen LogP) is 3.27. The fraction of sp³-hybridized carbons (Fsp3) is 0.176. The van der Waals surface area contributed by atoms with E-state index >= 15 is 0 Å². The van der Waals surface area contributed by atoms with E-state index in [1.807, 2.05) is 0 Å². The number of benzene rings is 2. The van der Waals surface area contributed by atoms with E-state index in [1.165, 1.54) is 7.05 Å². The minimum Gasteiger partial charge on any atom is -0.374 e. The molecule has 0 spiro atoms. The van der Waals surface area contributed by atoms with Crippen LogP contribution in [-0.2, 0) is 9.59 Å². The van der Waals surface area contributed by atoms with Gasteiger partial charge in [-0.1, -0.05) is 23.7 Å². The summed E-state index contributed by atoms with van der Waals surface area (Å²) in [7, 11) is 1.37. The van der Waals surface area contributed by atoms with Crippen molar-refractivity contribution in [2.45, 2.75) is 0 Å². The minimum atomic E-state index is -1.63. The van der Waals surface area contributed by atoms with Crippen LogP contribution in [0.15, 0.2) is 36.4 Å². The van der Waals surface area contributed by atoms with E-state index in [2.05, 4.69) is 10.6 Å². The molecule has 2 rings (SSSR count). The van der Waals surface area contributed by atoms with Gasteiger partial charge in [0.15, 0.2) is 17.5 Å². The number of para-hydroxylation sites is 1. The fourth-order valence-corrected chi connectivity index (χ4v) is 2.21. The van der Waals surface area contributed by atoms with Crippen LogP contribution in [-0.4, -0.2) is 36.9 Å². The van der Waals surface area contributed by atoms with Gasteiger partial charge in [-0.2, -0.15) is 0 Å². The molecular formula is C17H15ClF3N3O2. The standard InChI is InChI=1S/C17H15ClF3N3O2/c1-24(9-14(25)23-12-5-3-2-4-10(12)18)15(26)8-22-13-7-6-11(19)16(20)17(13)21/h2-7,22H,8-9H2,1H3,(H,23,25). The highest BCUT2D eigenvalue weighted by atomic mass is 35.5. The van der Waals surface area contributed by atoms with E-state index in [0.717, 1.165) is 17.0 Å². The van der Waals surface area contributed by atoms with E-state index in [1.54, 1.807) is 24.3 Å². The van der Waals surface area contributed by atoms with Crippen molar-refractivity contribution in [1.82, 2.24) is 4.90 Å². The highest BCUT2D eigenvalue weighted by molar-refractivity contribution is 6.33. The van der Waals surface area contributed by atoms with Gasteiger partial charge in [-0.15, -0.1) is 0 Å². The topological polar surface area (TPSA) is 61.4 Å². The van der Waals surface area contributed by atoms with E-state index in [4.69, 9.17) is 11.6 Å². The van der Waals surface area contributed by atoms with Gasteiger partial charge in [0, 0.05) is 7.05 Å². The van der Waals surface area contributed by atoms with Gasteiger partial charge >= 0.3 is 0 Å². The minimum absolute atomic E-state index is 0.272. The Morgan fingerprint density at radius 1 is 1.04 bits per heavy atom. The predicted molar refractivity (Wildman–Crippen MR) is 92.5 cm³/mol. The van der Waals surface area contributed by atoms with Crippen molar-refractivity contribution in [1.29, 1.82) is 0 Å². The Morgan fingerprint density at radius 3 is 2.42 bits per heavy atom. The van der Waals surface area contributed by atoms with E-state index < -0.39 is 35.8 Å². The first-order valence-corrected chi connectivity index (χ1v) is 7.83. The van der Waals surface area contributed by atoms with Crippen LogP contribution in [0.3, 0.4) is 0 Å². The van der Waals surface area contributed by atoms with Gasteiger partial charge in [-0.05, 0) is 24.3 Å². The van der Waals surface area contributed by atoms with Crippen molar-refractivity contribution in [3.05, 3.63) is 58.9 Å². The molecule has 2 aromatic rings. The average molecular weight is 386 g/mol. The monoisotopic (exact) mass is 385 g/mol. The summed E-state index contributed by atoms with van der Waals surface area (Å²) in [6, 6.07) is 8.33. The smallest absolute Gasteiger partial charge is 0.244 e. The third-order valence-corrected chi connectivity index (χ3v) is 3.75. The number of nitrogens with zero attached hydrogens (tertiary/aromatic N) is 1. The second-order valence-corrected chi connectivity index (χ2v) is 5.76. The second-order valence-electron chi connectivity index (χ2n) is 5.35. The molecule has 0 fully saturated rings. The molecule has 2 aromatic carbocycles. The summed E-state index contributed by atoms with van der Waals surface area (Å²) in [5.74, 6) is -5.41. The Hall–Kier alpha value is -2.74. The van der Waals surface area contributed by atoms with Crippen molar-refractivity contribution in [3.63, 3.8) is 0 Å². The molecule has 9 heteroatoms. The zero-order valence-electron chi connectivity index (χ0n) is 13.7. The number of carbonyl (C=O) groups excluding carboxylic acids is 2. The number of likely N-dealkylation sites (N-methyl/N-ethyl adjacent to an activating group) is 1. The maximum Gasteiger partial charge on any atom is 0.244 e.